The maximum absolute atomic E-state index is 13.0. The van der Waals surface area contributed by atoms with E-state index in [-0.39, 0.29) is 11.7 Å². The molecule has 34 heavy (non-hydrogen) atoms. The average Bonchev–Trinajstić information content (AvgIpc) is 3.61. The molecule has 1 aliphatic carbocycles. The predicted octanol–water partition coefficient (Wildman–Crippen LogP) is 4.60. The van der Waals surface area contributed by atoms with Crippen molar-refractivity contribution in [2.75, 3.05) is 36.8 Å². The largest absolute Gasteiger partial charge is 0.416 e. The Morgan fingerprint density at radius 3 is 2.35 bits per heavy atom. The van der Waals surface area contributed by atoms with Crippen LogP contribution in [0.25, 0.3) is 5.69 Å². The molecule has 2 aromatic carbocycles. The van der Waals surface area contributed by atoms with Crippen molar-refractivity contribution in [1.82, 2.24) is 19.7 Å². The lowest BCUT2D eigenvalue weighted by molar-refractivity contribution is -0.137. The molecule has 0 atom stereocenters. The van der Waals surface area contributed by atoms with Gasteiger partial charge in [0, 0.05) is 37.8 Å². The molecule has 0 unspecified atom stereocenters. The van der Waals surface area contributed by atoms with Gasteiger partial charge in [0.05, 0.1) is 17.0 Å². The van der Waals surface area contributed by atoms with Crippen LogP contribution in [0.3, 0.4) is 0 Å². The van der Waals surface area contributed by atoms with Crippen LogP contribution in [0.1, 0.15) is 30.1 Å². The van der Waals surface area contributed by atoms with Crippen molar-refractivity contribution in [1.29, 1.82) is 0 Å². The van der Waals surface area contributed by atoms with Gasteiger partial charge in [-0.15, -0.1) is 5.10 Å². The normalized spacial score (nSPS) is 16.7. The molecule has 2 fully saturated rings. The van der Waals surface area contributed by atoms with Crippen molar-refractivity contribution in [2.24, 2.45) is 0 Å². The molecule has 178 valence electrons. The SMILES string of the molecule is O=C(CSc1nc(C2CC2)n(-c2ccccc2)n1)N1CCN(c2cccc(C(F)(F)F)c2)CC1. The number of para-hydroxylation sites is 1. The lowest BCUT2D eigenvalue weighted by atomic mass is 10.1. The van der Waals surface area contributed by atoms with Gasteiger partial charge in [0.15, 0.2) is 0 Å². The van der Waals surface area contributed by atoms with E-state index in [1.54, 1.807) is 11.0 Å². The molecule has 0 bridgehead atoms. The van der Waals surface area contributed by atoms with Crippen LogP contribution in [0.2, 0.25) is 0 Å². The van der Waals surface area contributed by atoms with Gasteiger partial charge in [0.1, 0.15) is 5.82 Å². The quantitative estimate of drug-likeness (QED) is 0.476. The zero-order chi connectivity index (χ0) is 23.7. The third-order valence-corrected chi connectivity index (χ3v) is 6.87. The molecule has 6 nitrogen and oxygen atoms in total. The summed E-state index contributed by atoms with van der Waals surface area (Å²) < 4.78 is 40.9. The fraction of sp³-hybridized carbons (Fsp3) is 0.375. The second kappa shape index (κ2) is 9.32. The minimum Gasteiger partial charge on any atom is -0.368 e. The first-order valence-electron chi connectivity index (χ1n) is 11.2. The molecule has 1 saturated carbocycles. The highest BCUT2D eigenvalue weighted by molar-refractivity contribution is 7.99. The van der Waals surface area contributed by atoms with Gasteiger partial charge in [-0.25, -0.2) is 9.67 Å². The van der Waals surface area contributed by atoms with Crippen LogP contribution in [0.4, 0.5) is 18.9 Å². The monoisotopic (exact) mass is 487 g/mol. The zero-order valence-electron chi connectivity index (χ0n) is 18.4. The van der Waals surface area contributed by atoms with E-state index in [0.29, 0.717) is 42.9 Å². The number of halogens is 3. The molecular weight excluding hydrogens is 463 g/mol. The maximum atomic E-state index is 13.0. The van der Waals surface area contributed by atoms with Crippen molar-refractivity contribution in [2.45, 2.75) is 30.1 Å². The fourth-order valence-corrected chi connectivity index (χ4v) is 4.77. The van der Waals surface area contributed by atoms with Gasteiger partial charge < -0.3 is 9.80 Å². The summed E-state index contributed by atoms with van der Waals surface area (Å²) in [5, 5.41) is 5.22. The first-order chi connectivity index (χ1) is 16.4. The van der Waals surface area contributed by atoms with Crippen molar-refractivity contribution in [3.63, 3.8) is 0 Å². The second-order valence-corrected chi connectivity index (χ2v) is 9.42. The number of hydrogen-bond acceptors (Lipinski definition) is 5. The number of anilines is 1. The summed E-state index contributed by atoms with van der Waals surface area (Å²) in [5.74, 6) is 1.57. The van der Waals surface area contributed by atoms with E-state index in [2.05, 4.69) is 10.1 Å². The van der Waals surface area contributed by atoms with Gasteiger partial charge in [-0.05, 0) is 43.2 Å². The van der Waals surface area contributed by atoms with E-state index in [1.807, 2.05) is 39.9 Å². The van der Waals surface area contributed by atoms with Crippen LogP contribution in [0.15, 0.2) is 59.8 Å². The zero-order valence-corrected chi connectivity index (χ0v) is 19.2. The number of carbonyl (C=O) groups excluding carboxylic acids is 1. The van der Waals surface area contributed by atoms with Gasteiger partial charge in [0.2, 0.25) is 11.1 Å². The topological polar surface area (TPSA) is 54.3 Å². The van der Waals surface area contributed by atoms with E-state index >= 15 is 0 Å². The van der Waals surface area contributed by atoms with Crippen LogP contribution in [0, 0.1) is 0 Å². The first kappa shape index (κ1) is 22.8. The number of piperazine rings is 1. The number of hydrogen-bond donors (Lipinski definition) is 0. The predicted molar refractivity (Wildman–Crippen MR) is 124 cm³/mol. The van der Waals surface area contributed by atoms with Crippen LogP contribution in [0.5, 0.6) is 0 Å². The lowest BCUT2D eigenvalue weighted by Crippen LogP contribution is -2.49. The number of alkyl halides is 3. The van der Waals surface area contributed by atoms with E-state index in [0.717, 1.165) is 30.4 Å². The third kappa shape index (κ3) is 5.06. The molecule has 2 aliphatic rings. The van der Waals surface area contributed by atoms with Gasteiger partial charge in [-0.3, -0.25) is 4.79 Å². The highest BCUT2D eigenvalue weighted by Gasteiger charge is 2.32. The smallest absolute Gasteiger partial charge is 0.368 e. The molecule has 0 N–H and O–H groups in total. The minimum atomic E-state index is -4.37. The Labute approximate surface area is 199 Å². The summed E-state index contributed by atoms with van der Waals surface area (Å²) in [7, 11) is 0. The molecule has 0 spiro atoms. The fourth-order valence-electron chi connectivity index (χ4n) is 4.04. The summed E-state index contributed by atoms with van der Waals surface area (Å²) in [6.45, 7) is 1.92. The molecule has 1 aliphatic heterocycles. The Balaban J connectivity index is 1.18. The molecule has 2 heterocycles. The second-order valence-electron chi connectivity index (χ2n) is 8.48. The van der Waals surface area contributed by atoms with Gasteiger partial charge in [-0.1, -0.05) is 36.0 Å². The number of amides is 1. The molecule has 0 radical (unpaired) electrons. The van der Waals surface area contributed by atoms with E-state index < -0.39 is 11.7 Å². The maximum Gasteiger partial charge on any atom is 0.416 e. The number of nitrogens with zero attached hydrogens (tertiary/aromatic N) is 5. The number of benzene rings is 2. The number of aromatic nitrogens is 3. The standard InChI is InChI=1S/C24H24F3N5OS/c25-24(26,27)18-5-4-8-20(15-18)30-11-13-31(14-12-30)21(33)16-34-23-28-22(17-9-10-17)32(29-23)19-6-2-1-3-7-19/h1-8,15,17H,9-14,16H2. The molecule has 1 amide bonds. The molecule has 3 aromatic rings. The molecule has 10 heteroatoms. The number of rotatable bonds is 6. The third-order valence-electron chi connectivity index (χ3n) is 6.05. The van der Waals surface area contributed by atoms with Crippen LogP contribution in [-0.2, 0) is 11.0 Å². The Morgan fingerprint density at radius 1 is 0.971 bits per heavy atom. The van der Waals surface area contributed by atoms with Crippen molar-refractivity contribution >= 4 is 23.4 Å². The van der Waals surface area contributed by atoms with Crippen molar-refractivity contribution in [3.8, 4) is 5.69 Å². The van der Waals surface area contributed by atoms with Gasteiger partial charge >= 0.3 is 6.18 Å². The minimum absolute atomic E-state index is 0.0160. The summed E-state index contributed by atoms with van der Waals surface area (Å²) in [6.07, 6.45) is -2.17. The molecule has 5 rings (SSSR count). The van der Waals surface area contributed by atoms with Crippen molar-refractivity contribution in [3.05, 3.63) is 66.0 Å². The van der Waals surface area contributed by atoms with Crippen LogP contribution < -0.4 is 4.90 Å². The van der Waals surface area contributed by atoms with Gasteiger partial charge in [-0.2, -0.15) is 13.2 Å². The Bertz CT molecular complexity index is 1150. The Morgan fingerprint density at radius 2 is 1.68 bits per heavy atom. The van der Waals surface area contributed by atoms with Crippen LogP contribution >= 0.6 is 11.8 Å². The van der Waals surface area contributed by atoms with E-state index in [1.165, 1.54) is 23.9 Å². The van der Waals surface area contributed by atoms with Crippen LogP contribution in [-0.4, -0.2) is 57.5 Å². The summed E-state index contributed by atoms with van der Waals surface area (Å²) >= 11 is 1.33. The molecule has 1 saturated heterocycles. The average molecular weight is 488 g/mol. The summed E-state index contributed by atoms with van der Waals surface area (Å²) in [6, 6.07) is 15.2. The number of carbonyl (C=O) groups is 1. The van der Waals surface area contributed by atoms with E-state index in [4.69, 9.17) is 0 Å². The van der Waals surface area contributed by atoms with Crippen molar-refractivity contribution < 1.29 is 18.0 Å². The summed E-state index contributed by atoms with van der Waals surface area (Å²) in [4.78, 5) is 21.1. The van der Waals surface area contributed by atoms with Gasteiger partial charge in [0.25, 0.3) is 0 Å². The lowest BCUT2D eigenvalue weighted by Gasteiger charge is -2.36. The Hall–Kier alpha value is -3.01. The highest BCUT2D eigenvalue weighted by atomic mass is 32.2. The Kier molecular flexibility index (Phi) is 6.24. The highest BCUT2D eigenvalue weighted by Crippen LogP contribution is 2.40. The molecular formula is C24H24F3N5OS. The van der Waals surface area contributed by atoms with E-state index in [9.17, 15) is 18.0 Å². The number of thioether (sulfide) groups is 1. The first-order valence-corrected chi connectivity index (χ1v) is 12.2. The molecule has 1 aromatic heterocycles. The summed E-state index contributed by atoms with van der Waals surface area (Å²) in [5.41, 5.74) is 0.827.